The number of rotatable bonds is 7. The summed E-state index contributed by atoms with van der Waals surface area (Å²) in [5.74, 6) is -1.49. The molecule has 1 aliphatic heterocycles. The number of nitrogens with zero attached hydrogens (tertiary/aromatic N) is 1. The number of hydrogen-bond acceptors (Lipinski definition) is 6. The van der Waals surface area contributed by atoms with E-state index in [0.29, 0.717) is 29.4 Å². The van der Waals surface area contributed by atoms with Gasteiger partial charge in [0.1, 0.15) is 5.58 Å². The first-order valence-corrected chi connectivity index (χ1v) is 12.2. The first-order valence-electron chi connectivity index (χ1n) is 12.2. The zero-order chi connectivity index (χ0) is 26.3. The van der Waals surface area contributed by atoms with Gasteiger partial charge in [-0.1, -0.05) is 50.2 Å². The van der Waals surface area contributed by atoms with Gasteiger partial charge in [0.15, 0.2) is 23.0 Å². The van der Waals surface area contributed by atoms with Crippen LogP contribution >= 0.6 is 0 Å². The Hall–Kier alpha value is -4.52. The molecule has 7 heteroatoms. The molecule has 1 atom stereocenters. The van der Waals surface area contributed by atoms with Crippen LogP contribution in [0.4, 0.5) is 5.69 Å². The molecule has 2 heterocycles. The molecule has 0 bridgehead atoms. The molecule has 37 heavy (non-hydrogen) atoms. The molecule has 0 spiro atoms. The van der Waals surface area contributed by atoms with Crippen molar-refractivity contribution in [3.8, 4) is 11.5 Å². The predicted octanol–water partition coefficient (Wildman–Crippen LogP) is 6.44. The molecule has 0 saturated carbocycles. The first-order chi connectivity index (χ1) is 17.8. The van der Waals surface area contributed by atoms with Gasteiger partial charge >= 0.3 is 0 Å². The Bertz CT molecular complexity index is 1500. The van der Waals surface area contributed by atoms with Crippen LogP contribution in [0.2, 0.25) is 0 Å². The average Bonchev–Trinajstić information content (AvgIpc) is 3.44. The highest BCUT2D eigenvalue weighted by molar-refractivity contribution is 6.20. The summed E-state index contributed by atoms with van der Waals surface area (Å²) in [6.45, 7) is 6.24. The molecule has 0 saturated heterocycles. The predicted molar refractivity (Wildman–Crippen MR) is 140 cm³/mol. The second-order valence-corrected chi connectivity index (χ2v) is 9.22. The van der Waals surface area contributed by atoms with Crippen LogP contribution in [0.25, 0.3) is 11.0 Å². The molecule has 1 unspecified atom stereocenters. The lowest BCUT2D eigenvalue weighted by molar-refractivity contribution is -0.117. The largest absolute Gasteiger partial charge is 0.504 e. The molecule has 1 amide bonds. The Kier molecular flexibility index (Phi) is 6.21. The average molecular weight is 498 g/mol. The van der Waals surface area contributed by atoms with Gasteiger partial charge in [-0.15, -0.1) is 0 Å². The number of ether oxygens (including phenoxy) is 1. The molecule has 3 aromatic carbocycles. The van der Waals surface area contributed by atoms with Gasteiger partial charge in [0.2, 0.25) is 5.78 Å². The SMILES string of the molecule is CCOc1cc(C2C(C(=O)c3cc4ccccc4o3)=C(O)C(=O)N2c2ccc(C(C)C)cc2)ccc1O. The summed E-state index contributed by atoms with van der Waals surface area (Å²) in [6, 6.07) is 19.9. The van der Waals surface area contributed by atoms with E-state index in [1.54, 1.807) is 49.4 Å². The summed E-state index contributed by atoms with van der Waals surface area (Å²) in [7, 11) is 0. The van der Waals surface area contributed by atoms with Crippen molar-refractivity contribution in [3.05, 3.63) is 101 Å². The van der Waals surface area contributed by atoms with Gasteiger partial charge in [0, 0.05) is 11.1 Å². The maximum Gasteiger partial charge on any atom is 0.294 e. The Morgan fingerprint density at radius 2 is 1.76 bits per heavy atom. The number of aliphatic hydroxyl groups excluding tert-OH is 1. The third-order valence-corrected chi connectivity index (χ3v) is 6.54. The molecule has 0 aliphatic carbocycles. The second kappa shape index (κ2) is 9.50. The molecule has 188 valence electrons. The third kappa shape index (κ3) is 4.22. The summed E-state index contributed by atoms with van der Waals surface area (Å²) >= 11 is 0. The van der Waals surface area contributed by atoms with Crippen molar-refractivity contribution < 1.29 is 29.0 Å². The van der Waals surface area contributed by atoms with Crippen LogP contribution in [-0.4, -0.2) is 28.5 Å². The molecule has 1 aliphatic rings. The topological polar surface area (TPSA) is 100 Å². The third-order valence-electron chi connectivity index (χ3n) is 6.54. The molecular formula is C30H27NO6. The zero-order valence-electron chi connectivity index (χ0n) is 20.8. The summed E-state index contributed by atoms with van der Waals surface area (Å²) < 4.78 is 11.3. The minimum absolute atomic E-state index is 0.0152. The number of phenols is 1. The van der Waals surface area contributed by atoms with E-state index >= 15 is 0 Å². The minimum atomic E-state index is -0.974. The highest BCUT2D eigenvalue weighted by Crippen LogP contribution is 2.44. The van der Waals surface area contributed by atoms with Gasteiger partial charge in [-0.2, -0.15) is 0 Å². The summed E-state index contributed by atoms with van der Waals surface area (Å²) in [5, 5.41) is 22.0. The van der Waals surface area contributed by atoms with Crippen LogP contribution in [0.3, 0.4) is 0 Å². The molecule has 1 aromatic heterocycles. The van der Waals surface area contributed by atoms with Crippen LogP contribution in [0.1, 0.15) is 54.4 Å². The summed E-state index contributed by atoms with van der Waals surface area (Å²) in [4.78, 5) is 28.6. The van der Waals surface area contributed by atoms with E-state index in [-0.39, 0.29) is 22.8 Å². The Morgan fingerprint density at radius 3 is 2.43 bits per heavy atom. The lowest BCUT2D eigenvalue weighted by Gasteiger charge is -2.27. The smallest absolute Gasteiger partial charge is 0.294 e. The fraction of sp³-hybridized carbons (Fsp3) is 0.200. The number of furan rings is 1. The summed E-state index contributed by atoms with van der Waals surface area (Å²) in [5.41, 5.74) is 2.52. The Balaban J connectivity index is 1.66. The highest BCUT2D eigenvalue weighted by atomic mass is 16.5. The number of para-hydroxylation sites is 1. The van der Waals surface area contributed by atoms with Crippen LogP contribution in [0.5, 0.6) is 11.5 Å². The van der Waals surface area contributed by atoms with E-state index in [1.165, 1.54) is 11.0 Å². The normalized spacial score (nSPS) is 15.7. The van der Waals surface area contributed by atoms with E-state index in [0.717, 1.165) is 10.9 Å². The van der Waals surface area contributed by atoms with Gasteiger partial charge in [-0.05, 0) is 60.4 Å². The number of Topliss-reactive ketones (excluding diaryl/α,β-unsaturated/α-hetero) is 1. The van der Waals surface area contributed by atoms with Crippen molar-refractivity contribution >= 4 is 28.3 Å². The van der Waals surface area contributed by atoms with Crippen LogP contribution < -0.4 is 9.64 Å². The minimum Gasteiger partial charge on any atom is -0.504 e. The van der Waals surface area contributed by atoms with E-state index in [9.17, 15) is 19.8 Å². The lowest BCUT2D eigenvalue weighted by Crippen LogP contribution is -2.31. The van der Waals surface area contributed by atoms with E-state index in [2.05, 4.69) is 13.8 Å². The number of aliphatic hydroxyl groups is 1. The van der Waals surface area contributed by atoms with Crippen LogP contribution in [0.15, 0.2) is 88.5 Å². The quantitative estimate of drug-likeness (QED) is 0.285. The molecule has 5 rings (SSSR count). The second-order valence-electron chi connectivity index (χ2n) is 9.22. The van der Waals surface area contributed by atoms with Gasteiger partial charge in [-0.25, -0.2) is 0 Å². The number of benzene rings is 3. The Morgan fingerprint density at radius 1 is 1.03 bits per heavy atom. The van der Waals surface area contributed by atoms with Crippen molar-refractivity contribution in [2.75, 3.05) is 11.5 Å². The molecule has 2 N–H and O–H groups in total. The number of fused-ring (bicyclic) bond motifs is 1. The fourth-order valence-electron chi connectivity index (χ4n) is 4.64. The van der Waals surface area contributed by atoms with Crippen molar-refractivity contribution in [2.45, 2.75) is 32.7 Å². The maximum absolute atomic E-state index is 13.8. The standard InChI is InChI=1S/C30H27NO6/c1-4-36-24-16-20(11-14-22(24)32)27-26(28(33)25-15-19-7-5-6-8-23(19)37-25)29(34)30(35)31(27)21-12-9-18(10-13-21)17(2)3/h5-17,27,32,34H,4H2,1-3H3. The monoisotopic (exact) mass is 497 g/mol. The van der Waals surface area contributed by atoms with Crippen molar-refractivity contribution in [2.24, 2.45) is 0 Å². The van der Waals surface area contributed by atoms with Crippen LogP contribution in [0, 0.1) is 0 Å². The summed E-state index contributed by atoms with van der Waals surface area (Å²) in [6.07, 6.45) is 0. The number of anilines is 1. The lowest BCUT2D eigenvalue weighted by atomic mass is 9.94. The van der Waals surface area contributed by atoms with Gasteiger partial charge in [0.25, 0.3) is 5.91 Å². The number of ketones is 1. The number of hydrogen-bond donors (Lipinski definition) is 2. The maximum atomic E-state index is 13.8. The zero-order valence-corrected chi connectivity index (χ0v) is 20.8. The van der Waals surface area contributed by atoms with Crippen molar-refractivity contribution in [1.82, 2.24) is 0 Å². The van der Waals surface area contributed by atoms with Crippen molar-refractivity contribution in [1.29, 1.82) is 0 Å². The number of carbonyl (C=O) groups is 2. The molecular weight excluding hydrogens is 470 g/mol. The van der Waals surface area contributed by atoms with Gasteiger partial charge in [-0.3, -0.25) is 14.5 Å². The van der Waals surface area contributed by atoms with Gasteiger partial charge in [0.05, 0.1) is 18.2 Å². The van der Waals surface area contributed by atoms with E-state index < -0.39 is 23.5 Å². The van der Waals surface area contributed by atoms with E-state index in [4.69, 9.17) is 9.15 Å². The van der Waals surface area contributed by atoms with Gasteiger partial charge < -0.3 is 19.4 Å². The number of carbonyl (C=O) groups excluding carboxylic acids is 2. The Labute approximate surface area is 214 Å². The molecule has 0 radical (unpaired) electrons. The van der Waals surface area contributed by atoms with Crippen molar-refractivity contribution in [3.63, 3.8) is 0 Å². The molecule has 0 fully saturated rings. The van der Waals surface area contributed by atoms with Crippen LogP contribution in [-0.2, 0) is 4.79 Å². The first kappa shape index (κ1) is 24.2. The number of aromatic hydroxyl groups is 1. The van der Waals surface area contributed by atoms with E-state index in [1.807, 2.05) is 24.3 Å². The highest BCUT2D eigenvalue weighted by Gasteiger charge is 2.45. The molecule has 7 nitrogen and oxygen atoms in total. The number of amides is 1. The number of phenolic OH excluding ortho intramolecular Hbond substituents is 1. The fourth-order valence-corrected chi connectivity index (χ4v) is 4.64. The molecule has 4 aromatic rings.